The van der Waals surface area contributed by atoms with Crippen LogP contribution in [-0.2, 0) is 5.41 Å². The maximum absolute atomic E-state index is 5.20. The number of fused-ring (bicyclic) bond motifs is 11. The fraction of sp³-hybridized carbons (Fsp3) is 0.0577. The molecule has 0 spiro atoms. The van der Waals surface area contributed by atoms with Gasteiger partial charge in [0.2, 0.25) is 0 Å². The molecule has 1 aliphatic carbocycles. The van der Waals surface area contributed by atoms with Crippen LogP contribution < -0.4 is 0 Å². The van der Waals surface area contributed by atoms with E-state index < -0.39 is 0 Å². The van der Waals surface area contributed by atoms with Crippen molar-refractivity contribution in [1.82, 2.24) is 15.0 Å². The van der Waals surface area contributed by atoms with Crippen molar-refractivity contribution in [2.24, 2.45) is 0 Å². The number of hydrogen-bond acceptors (Lipinski definition) is 3. The molecular formula is C52H35N3. The minimum atomic E-state index is -0.127. The van der Waals surface area contributed by atoms with Gasteiger partial charge < -0.3 is 0 Å². The summed E-state index contributed by atoms with van der Waals surface area (Å²) >= 11 is 0. The van der Waals surface area contributed by atoms with Gasteiger partial charge in [0.25, 0.3) is 0 Å². The van der Waals surface area contributed by atoms with E-state index >= 15 is 0 Å². The van der Waals surface area contributed by atoms with Crippen molar-refractivity contribution < 1.29 is 0 Å². The Morgan fingerprint density at radius 1 is 0.309 bits per heavy atom. The highest BCUT2D eigenvalue weighted by molar-refractivity contribution is 6.32. The summed E-state index contributed by atoms with van der Waals surface area (Å²) in [5, 5.41) is 10.2. The van der Waals surface area contributed by atoms with Crippen molar-refractivity contribution in [2.75, 3.05) is 0 Å². The Bertz CT molecular complexity index is 3140. The third kappa shape index (κ3) is 4.86. The van der Waals surface area contributed by atoms with Crippen LogP contribution in [0.2, 0.25) is 0 Å². The Balaban J connectivity index is 1.08. The molecule has 0 aliphatic heterocycles. The average Bonchev–Trinajstić information content (AvgIpc) is 3.48. The van der Waals surface area contributed by atoms with E-state index in [-0.39, 0.29) is 5.41 Å². The van der Waals surface area contributed by atoms with E-state index in [0.29, 0.717) is 17.5 Å². The molecule has 0 fully saturated rings. The molecule has 0 saturated heterocycles. The lowest BCUT2D eigenvalue weighted by Gasteiger charge is -2.21. The second-order valence-corrected chi connectivity index (χ2v) is 15.2. The molecule has 0 saturated carbocycles. The van der Waals surface area contributed by atoms with Crippen LogP contribution in [0.4, 0.5) is 0 Å². The van der Waals surface area contributed by atoms with E-state index in [9.17, 15) is 0 Å². The summed E-state index contributed by atoms with van der Waals surface area (Å²) in [4.78, 5) is 15.4. The van der Waals surface area contributed by atoms with Gasteiger partial charge in [-0.05, 0) is 88.6 Å². The Morgan fingerprint density at radius 3 is 1.55 bits per heavy atom. The minimum Gasteiger partial charge on any atom is -0.208 e. The first-order valence-corrected chi connectivity index (χ1v) is 18.9. The summed E-state index contributed by atoms with van der Waals surface area (Å²) in [6, 6.07) is 63.2. The molecule has 0 amide bonds. The molecule has 1 aliphatic rings. The van der Waals surface area contributed by atoms with E-state index in [0.717, 1.165) is 22.3 Å². The lowest BCUT2D eigenvalue weighted by atomic mass is 9.82. The molecule has 3 nitrogen and oxygen atoms in total. The first-order valence-electron chi connectivity index (χ1n) is 18.9. The number of nitrogens with zero attached hydrogens (tertiary/aromatic N) is 3. The quantitative estimate of drug-likeness (QED) is 0.171. The highest BCUT2D eigenvalue weighted by Gasteiger charge is 2.35. The predicted molar refractivity (Wildman–Crippen MR) is 229 cm³/mol. The van der Waals surface area contributed by atoms with Crippen LogP contribution >= 0.6 is 0 Å². The summed E-state index contributed by atoms with van der Waals surface area (Å²) in [5.41, 5.74) is 10.3. The molecule has 11 rings (SSSR count). The van der Waals surface area contributed by atoms with Gasteiger partial charge in [0.15, 0.2) is 17.5 Å². The lowest BCUT2D eigenvalue weighted by Crippen LogP contribution is -2.15. The van der Waals surface area contributed by atoms with Gasteiger partial charge in [-0.15, -0.1) is 0 Å². The van der Waals surface area contributed by atoms with Crippen molar-refractivity contribution in [3.8, 4) is 56.4 Å². The molecule has 0 unspecified atom stereocenters. The monoisotopic (exact) mass is 701 g/mol. The smallest absolute Gasteiger partial charge is 0.164 e. The molecule has 0 bridgehead atoms. The maximum atomic E-state index is 5.20. The van der Waals surface area contributed by atoms with Crippen LogP contribution in [0.5, 0.6) is 0 Å². The van der Waals surface area contributed by atoms with E-state index in [1.165, 1.54) is 70.9 Å². The molecular weight excluding hydrogens is 667 g/mol. The zero-order valence-corrected chi connectivity index (χ0v) is 30.6. The van der Waals surface area contributed by atoms with Crippen LogP contribution in [-0.4, -0.2) is 15.0 Å². The Hall–Kier alpha value is -6.97. The van der Waals surface area contributed by atoms with Crippen molar-refractivity contribution in [3.05, 3.63) is 187 Å². The topological polar surface area (TPSA) is 38.7 Å². The van der Waals surface area contributed by atoms with Gasteiger partial charge in [0.1, 0.15) is 0 Å². The Kier molecular flexibility index (Phi) is 6.90. The molecule has 1 heterocycles. The highest BCUT2D eigenvalue weighted by Crippen LogP contribution is 2.49. The van der Waals surface area contributed by atoms with Gasteiger partial charge in [0, 0.05) is 22.1 Å². The average molecular weight is 702 g/mol. The van der Waals surface area contributed by atoms with Crippen LogP contribution in [0, 0.1) is 0 Å². The standard InChI is InChI=1S/C52H35N3/c1-52(2)46-25-11-10-21-41(46)42-27-26-35(31-47(42)52)51-54-49(32-14-4-3-5-15-32)53-50(55-51)34-17-12-16-33(30-34)36-23-13-24-44-40(36)28-29-45-39-20-7-6-18-37(39)38-19-8-9-22-43(38)48(44)45/h3-31H,1-2H3. The van der Waals surface area contributed by atoms with E-state index in [1.54, 1.807) is 0 Å². The van der Waals surface area contributed by atoms with Crippen molar-refractivity contribution in [1.29, 1.82) is 0 Å². The minimum absolute atomic E-state index is 0.127. The Labute approximate surface area is 319 Å². The fourth-order valence-electron chi connectivity index (χ4n) is 9.03. The van der Waals surface area contributed by atoms with Crippen molar-refractivity contribution in [2.45, 2.75) is 19.3 Å². The third-order valence-electron chi connectivity index (χ3n) is 11.7. The van der Waals surface area contributed by atoms with Gasteiger partial charge in [-0.25, -0.2) is 15.0 Å². The van der Waals surface area contributed by atoms with Crippen LogP contribution in [0.1, 0.15) is 25.0 Å². The molecule has 258 valence electrons. The first-order chi connectivity index (χ1) is 27.0. The summed E-state index contributed by atoms with van der Waals surface area (Å²) in [7, 11) is 0. The van der Waals surface area contributed by atoms with Crippen molar-refractivity contribution >= 4 is 43.1 Å². The summed E-state index contributed by atoms with van der Waals surface area (Å²) < 4.78 is 0. The summed E-state index contributed by atoms with van der Waals surface area (Å²) in [5.74, 6) is 1.97. The van der Waals surface area contributed by atoms with Crippen molar-refractivity contribution in [3.63, 3.8) is 0 Å². The molecule has 55 heavy (non-hydrogen) atoms. The van der Waals surface area contributed by atoms with Crippen LogP contribution in [0.3, 0.4) is 0 Å². The number of benzene rings is 9. The predicted octanol–water partition coefficient (Wildman–Crippen LogP) is 13.5. The normalized spacial score (nSPS) is 13.1. The van der Waals surface area contributed by atoms with Crippen LogP contribution in [0.25, 0.3) is 99.5 Å². The number of hydrogen-bond donors (Lipinski definition) is 0. The van der Waals surface area contributed by atoms with E-state index in [4.69, 9.17) is 15.0 Å². The third-order valence-corrected chi connectivity index (χ3v) is 11.7. The molecule has 10 aromatic rings. The number of aromatic nitrogens is 3. The lowest BCUT2D eigenvalue weighted by molar-refractivity contribution is 0.660. The second-order valence-electron chi connectivity index (χ2n) is 15.2. The molecule has 3 heteroatoms. The molecule has 9 aromatic carbocycles. The van der Waals surface area contributed by atoms with E-state index in [1.807, 2.05) is 18.2 Å². The molecule has 0 N–H and O–H groups in total. The first kappa shape index (κ1) is 31.5. The second kappa shape index (κ2) is 12.0. The molecule has 1 aromatic heterocycles. The fourth-order valence-corrected chi connectivity index (χ4v) is 9.03. The van der Waals surface area contributed by atoms with Gasteiger partial charge in [-0.2, -0.15) is 0 Å². The SMILES string of the molecule is CC1(C)c2ccccc2-c2ccc(-c3nc(-c4ccccc4)nc(-c4cccc(-c5cccc6c5ccc5c7ccccc7c7ccccc7c65)c4)n3)cc21. The molecule has 0 radical (unpaired) electrons. The summed E-state index contributed by atoms with van der Waals surface area (Å²) in [6.45, 7) is 4.61. The van der Waals surface area contributed by atoms with Gasteiger partial charge in [-0.1, -0.05) is 178 Å². The largest absolute Gasteiger partial charge is 0.208 e. The number of rotatable bonds is 4. The maximum Gasteiger partial charge on any atom is 0.164 e. The highest BCUT2D eigenvalue weighted by atomic mass is 15.0. The molecule has 0 atom stereocenters. The zero-order valence-electron chi connectivity index (χ0n) is 30.6. The zero-order chi connectivity index (χ0) is 36.7. The van der Waals surface area contributed by atoms with Crippen LogP contribution in [0.15, 0.2) is 176 Å². The van der Waals surface area contributed by atoms with Gasteiger partial charge >= 0.3 is 0 Å². The van der Waals surface area contributed by atoms with Gasteiger partial charge in [-0.3, -0.25) is 0 Å². The van der Waals surface area contributed by atoms with E-state index in [2.05, 4.69) is 172 Å². The van der Waals surface area contributed by atoms with Gasteiger partial charge in [0.05, 0.1) is 0 Å². The summed E-state index contributed by atoms with van der Waals surface area (Å²) in [6.07, 6.45) is 0. The Morgan fingerprint density at radius 2 is 0.782 bits per heavy atom.